The van der Waals surface area contributed by atoms with Crippen LogP contribution in [0, 0.1) is 7.14 Å². The van der Waals surface area contributed by atoms with Crippen LogP contribution in [0.15, 0.2) is 82.1 Å². The van der Waals surface area contributed by atoms with Gasteiger partial charge in [0.15, 0.2) is 11.4 Å². The standard InChI is InChI=1S/C32H25ClI2N2O6S/c1-3-41-25(38)17-43-29-22(34)14-18(15-23(29)35)16-24-30(39)37-28(20-10-12-21(33)13-11-20)26(31(40)42-4-2)27(36-32(37)44-24)19-8-6-5-7-9-19/h5-16,28H,3-4,17H2,1-2H3/b24-16-/t28-/m1/s1. The van der Waals surface area contributed by atoms with E-state index in [4.69, 9.17) is 30.8 Å². The van der Waals surface area contributed by atoms with E-state index < -0.39 is 18.0 Å². The Balaban J connectivity index is 1.68. The molecule has 0 fully saturated rings. The number of halogens is 3. The molecular formula is C32H25ClI2N2O6S. The highest BCUT2D eigenvalue weighted by atomic mass is 127. The van der Waals surface area contributed by atoms with Crippen LogP contribution in [0.4, 0.5) is 0 Å². The van der Waals surface area contributed by atoms with Crippen molar-refractivity contribution in [3.63, 3.8) is 0 Å². The number of nitrogens with zero attached hydrogens (tertiary/aromatic N) is 2. The van der Waals surface area contributed by atoms with E-state index in [9.17, 15) is 14.4 Å². The lowest BCUT2D eigenvalue weighted by atomic mass is 9.93. The molecule has 1 aliphatic rings. The molecule has 1 aliphatic heterocycles. The molecule has 4 aromatic rings. The van der Waals surface area contributed by atoms with E-state index in [1.807, 2.05) is 42.5 Å². The Bertz CT molecular complexity index is 1910. The predicted molar refractivity (Wildman–Crippen MR) is 187 cm³/mol. The summed E-state index contributed by atoms with van der Waals surface area (Å²) in [5.74, 6) is -0.435. The van der Waals surface area contributed by atoms with E-state index >= 15 is 0 Å². The van der Waals surface area contributed by atoms with Crippen molar-refractivity contribution in [3.05, 3.63) is 121 Å². The molecule has 0 unspecified atom stereocenters. The molecule has 226 valence electrons. The fraction of sp³-hybridized carbons (Fsp3) is 0.188. The fourth-order valence-corrected chi connectivity index (χ4v) is 7.94. The van der Waals surface area contributed by atoms with Crippen molar-refractivity contribution in [1.82, 2.24) is 4.57 Å². The SMILES string of the molecule is CCOC(=O)COc1c(I)cc(/C=c2\sc3n(c2=O)[C@H](c2ccc(Cl)cc2)C(C(=O)OCC)=C(c2ccccc2)N=3)cc1I. The van der Waals surface area contributed by atoms with E-state index in [0.29, 0.717) is 31.4 Å². The maximum absolute atomic E-state index is 14.1. The highest BCUT2D eigenvalue weighted by Gasteiger charge is 2.35. The Hall–Kier alpha value is -3.01. The summed E-state index contributed by atoms with van der Waals surface area (Å²) in [4.78, 5) is 44.8. The molecule has 1 atom stereocenters. The van der Waals surface area contributed by atoms with Gasteiger partial charge in [-0.15, -0.1) is 0 Å². The van der Waals surface area contributed by atoms with Gasteiger partial charge in [0.25, 0.3) is 5.56 Å². The summed E-state index contributed by atoms with van der Waals surface area (Å²) in [6.07, 6.45) is 1.79. The Labute approximate surface area is 289 Å². The van der Waals surface area contributed by atoms with Crippen molar-refractivity contribution in [1.29, 1.82) is 0 Å². The van der Waals surface area contributed by atoms with Crippen molar-refractivity contribution >= 4 is 91.8 Å². The van der Waals surface area contributed by atoms with Gasteiger partial charge in [-0.2, -0.15) is 0 Å². The number of hydrogen-bond acceptors (Lipinski definition) is 8. The molecule has 0 saturated heterocycles. The molecule has 0 radical (unpaired) electrons. The van der Waals surface area contributed by atoms with Crippen molar-refractivity contribution in [2.24, 2.45) is 4.99 Å². The Morgan fingerprint density at radius 2 is 1.66 bits per heavy atom. The molecule has 2 heterocycles. The zero-order chi connectivity index (χ0) is 31.4. The number of rotatable bonds is 9. The topological polar surface area (TPSA) is 96.2 Å². The third-order valence-electron chi connectivity index (χ3n) is 6.52. The zero-order valence-electron chi connectivity index (χ0n) is 23.5. The van der Waals surface area contributed by atoms with Crippen molar-refractivity contribution in [3.8, 4) is 5.75 Å². The molecule has 44 heavy (non-hydrogen) atoms. The van der Waals surface area contributed by atoms with E-state index in [1.165, 1.54) is 11.3 Å². The third-order valence-corrected chi connectivity index (χ3v) is 9.35. The number of ether oxygens (including phenoxy) is 3. The third kappa shape index (κ3) is 6.95. The first-order valence-electron chi connectivity index (χ1n) is 13.5. The molecule has 5 rings (SSSR count). The Morgan fingerprint density at radius 1 is 1.00 bits per heavy atom. The number of esters is 2. The molecular weight excluding hydrogens is 830 g/mol. The zero-order valence-corrected chi connectivity index (χ0v) is 29.4. The first-order chi connectivity index (χ1) is 21.2. The summed E-state index contributed by atoms with van der Waals surface area (Å²) in [5, 5.41) is 0.532. The fourth-order valence-electron chi connectivity index (χ4n) is 4.69. The number of fused-ring (bicyclic) bond motifs is 1. The van der Waals surface area contributed by atoms with Crippen LogP contribution in [0.5, 0.6) is 5.75 Å². The average Bonchev–Trinajstić information content (AvgIpc) is 3.31. The lowest BCUT2D eigenvalue weighted by molar-refractivity contribution is -0.145. The maximum atomic E-state index is 14.1. The van der Waals surface area contributed by atoms with Gasteiger partial charge in [0.1, 0.15) is 5.75 Å². The minimum Gasteiger partial charge on any atom is -0.480 e. The van der Waals surface area contributed by atoms with Crippen LogP contribution in [0.25, 0.3) is 11.8 Å². The first kappa shape index (κ1) is 32.4. The molecule has 0 N–H and O–H groups in total. The molecule has 0 saturated carbocycles. The maximum Gasteiger partial charge on any atom is 0.344 e. The minimum atomic E-state index is -0.793. The number of carbonyl (C=O) groups is 2. The number of hydrogen-bond donors (Lipinski definition) is 0. The summed E-state index contributed by atoms with van der Waals surface area (Å²) in [7, 11) is 0. The second-order valence-electron chi connectivity index (χ2n) is 9.39. The quantitative estimate of drug-likeness (QED) is 0.158. The van der Waals surface area contributed by atoms with Gasteiger partial charge in [-0.1, -0.05) is 65.4 Å². The molecule has 1 aromatic heterocycles. The largest absolute Gasteiger partial charge is 0.480 e. The molecule has 0 spiro atoms. The van der Waals surface area contributed by atoms with Crippen LogP contribution < -0.4 is 19.6 Å². The molecule has 12 heteroatoms. The molecule has 0 bridgehead atoms. The molecule has 0 aliphatic carbocycles. The van der Waals surface area contributed by atoms with E-state index in [1.54, 1.807) is 48.8 Å². The van der Waals surface area contributed by atoms with Crippen molar-refractivity contribution in [2.75, 3.05) is 19.8 Å². The monoisotopic (exact) mass is 854 g/mol. The second kappa shape index (κ2) is 14.4. The molecule has 3 aromatic carbocycles. The number of thiazole rings is 1. The van der Waals surface area contributed by atoms with Crippen LogP contribution in [0.2, 0.25) is 5.02 Å². The van der Waals surface area contributed by atoms with Crippen LogP contribution in [0.3, 0.4) is 0 Å². The summed E-state index contributed by atoms with van der Waals surface area (Å²) < 4.78 is 19.7. The van der Waals surface area contributed by atoms with E-state index in [0.717, 1.165) is 18.3 Å². The number of benzene rings is 3. The summed E-state index contributed by atoms with van der Waals surface area (Å²) in [5.41, 5.74) is 2.62. The number of carbonyl (C=O) groups excluding carboxylic acids is 2. The van der Waals surface area contributed by atoms with Crippen LogP contribution in [-0.4, -0.2) is 36.3 Å². The highest BCUT2D eigenvalue weighted by molar-refractivity contribution is 14.1. The number of aromatic nitrogens is 1. The van der Waals surface area contributed by atoms with E-state index in [2.05, 4.69) is 45.2 Å². The predicted octanol–water partition coefficient (Wildman–Crippen LogP) is 5.74. The van der Waals surface area contributed by atoms with Crippen molar-refractivity contribution in [2.45, 2.75) is 19.9 Å². The summed E-state index contributed by atoms with van der Waals surface area (Å²) in [6.45, 7) is 3.72. The minimum absolute atomic E-state index is 0.166. The van der Waals surface area contributed by atoms with Gasteiger partial charge in [-0.25, -0.2) is 14.6 Å². The second-order valence-corrected chi connectivity index (χ2v) is 13.2. The van der Waals surface area contributed by atoms with Gasteiger partial charge in [0.2, 0.25) is 0 Å². The van der Waals surface area contributed by atoms with Crippen LogP contribution in [-0.2, 0) is 19.1 Å². The van der Waals surface area contributed by atoms with Gasteiger partial charge in [-0.3, -0.25) is 9.36 Å². The summed E-state index contributed by atoms with van der Waals surface area (Å²) >= 11 is 11.7. The molecule has 0 amide bonds. The van der Waals surface area contributed by atoms with Gasteiger partial charge >= 0.3 is 11.9 Å². The Kier molecular flexibility index (Phi) is 10.6. The summed E-state index contributed by atoms with van der Waals surface area (Å²) in [6, 6.07) is 19.4. The van der Waals surface area contributed by atoms with Gasteiger partial charge in [0, 0.05) is 10.6 Å². The first-order valence-corrected chi connectivity index (χ1v) is 16.9. The highest BCUT2D eigenvalue weighted by Crippen LogP contribution is 2.35. The van der Waals surface area contributed by atoms with Gasteiger partial charge < -0.3 is 14.2 Å². The van der Waals surface area contributed by atoms with Crippen LogP contribution in [0.1, 0.15) is 36.6 Å². The van der Waals surface area contributed by atoms with Crippen LogP contribution >= 0.6 is 68.1 Å². The lowest BCUT2D eigenvalue weighted by Gasteiger charge is -2.25. The van der Waals surface area contributed by atoms with Gasteiger partial charge in [0.05, 0.1) is 42.2 Å². The lowest BCUT2D eigenvalue weighted by Crippen LogP contribution is -2.40. The Morgan fingerprint density at radius 3 is 2.30 bits per heavy atom. The average molecular weight is 855 g/mol. The smallest absolute Gasteiger partial charge is 0.344 e. The molecule has 8 nitrogen and oxygen atoms in total. The normalized spacial score (nSPS) is 14.6. The van der Waals surface area contributed by atoms with Gasteiger partial charge in [-0.05, 0) is 100 Å². The van der Waals surface area contributed by atoms with Crippen molar-refractivity contribution < 1.29 is 23.8 Å². The van der Waals surface area contributed by atoms with E-state index in [-0.39, 0.29) is 31.0 Å².